The molecule has 100 valence electrons. The maximum absolute atomic E-state index is 12.4. The van der Waals surface area contributed by atoms with Gasteiger partial charge >= 0.3 is 0 Å². The number of carbonyl (C=O) groups excluding carboxylic acids is 2. The van der Waals surface area contributed by atoms with Crippen LogP contribution in [0.3, 0.4) is 0 Å². The van der Waals surface area contributed by atoms with Crippen LogP contribution in [0.2, 0.25) is 0 Å². The van der Waals surface area contributed by atoms with Crippen molar-refractivity contribution < 1.29 is 9.59 Å². The standard InChI is InChI=1S/C15H11BrN2O2/c1-9(10-6-11(16)8-17-7-10)18-14(19)12-4-2-3-5-13(12)15(18)20/h2-9H,1H3. The molecule has 0 N–H and O–H groups in total. The number of halogens is 1. The molecule has 1 aliphatic heterocycles. The summed E-state index contributed by atoms with van der Waals surface area (Å²) in [6.07, 6.45) is 3.33. The van der Waals surface area contributed by atoms with E-state index in [0.29, 0.717) is 11.1 Å². The van der Waals surface area contributed by atoms with Crippen LogP contribution in [0.4, 0.5) is 0 Å². The van der Waals surface area contributed by atoms with Gasteiger partial charge in [-0.25, -0.2) is 0 Å². The molecule has 2 heterocycles. The Morgan fingerprint density at radius 1 is 1.10 bits per heavy atom. The highest BCUT2D eigenvalue weighted by Gasteiger charge is 2.38. The summed E-state index contributed by atoms with van der Waals surface area (Å²) in [7, 11) is 0. The minimum absolute atomic E-state index is 0.252. The van der Waals surface area contributed by atoms with Gasteiger partial charge < -0.3 is 0 Å². The average Bonchev–Trinajstić information content (AvgIpc) is 2.71. The van der Waals surface area contributed by atoms with Crippen molar-refractivity contribution in [2.45, 2.75) is 13.0 Å². The summed E-state index contributed by atoms with van der Waals surface area (Å²) >= 11 is 3.35. The van der Waals surface area contributed by atoms with Gasteiger partial charge in [-0.1, -0.05) is 12.1 Å². The van der Waals surface area contributed by atoms with Crippen molar-refractivity contribution >= 4 is 27.7 Å². The monoisotopic (exact) mass is 330 g/mol. The first-order valence-corrected chi connectivity index (χ1v) is 6.96. The second kappa shape index (κ2) is 4.83. The first-order valence-electron chi connectivity index (χ1n) is 6.17. The molecule has 2 aromatic rings. The molecular formula is C15H11BrN2O2. The number of rotatable bonds is 2. The molecule has 0 bridgehead atoms. The molecule has 1 aromatic heterocycles. The van der Waals surface area contributed by atoms with E-state index in [2.05, 4.69) is 20.9 Å². The lowest BCUT2D eigenvalue weighted by molar-refractivity contribution is 0.0595. The Hall–Kier alpha value is -2.01. The molecule has 0 fully saturated rings. The summed E-state index contributed by atoms with van der Waals surface area (Å²) in [5, 5.41) is 0. The van der Waals surface area contributed by atoms with Crippen LogP contribution in [0.1, 0.15) is 39.2 Å². The number of fused-ring (bicyclic) bond motifs is 1. The molecule has 0 saturated carbocycles. The number of imide groups is 1. The Kier molecular flexibility index (Phi) is 3.14. The molecule has 1 atom stereocenters. The van der Waals surface area contributed by atoms with Crippen molar-refractivity contribution in [1.29, 1.82) is 0 Å². The zero-order chi connectivity index (χ0) is 14.3. The van der Waals surface area contributed by atoms with Gasteiger partial charge in [0.1, 0.15) is 0 Å². The highest BCUT2D eigenvalue weighted by atomic mass is 79.9. The largest absolute Gasteiger partial charge is 0.269 e. The van der Waals surface area contributed by atoms with Crippen molar-refractivity contribution in [3.8, 4) is 0 Å². The van der Waals surface area contributed by atoms with E-state index in [-0.39, 0.29) is 17.9 Å². The first kappa shape index (κ1) is 13.0. The van der Waals surface area contributed by atoms with Gasteiger partial charge in [0, 0.05) is 16.9 Å². The van der Waals surface area contributed by atoms with Gasteiger partial charge in [-0.2, -0.15) is 0 Å². The molecule has 3 rings (SSSR count). The zero-order valence-corrected chi connectivity index (χ0v) is 12.3. The van der Waals surface area contributed by atoms with Gasteiger partial charge in [-0.15, -0.1) is 0 Å². The number of aromatic nitrogens is 1. The zero-order valence-electron chi connectivity index (χ0n) is 10.7. The molecular weight excluding hydrogens is 320 g/mol. The third kappa shape index (κ3) is 1.94. The summed E-state index contributed by atoms with van der Waals surface area (Å²) < 4.78 is 0.818. The van der Waals surface area contributed by atoms with E-state index >= 15 is 0 Å². The fourth-order valence-corrected chi connectivity index (χ4v) is 2.75. The normalized spacial score (nSPS) is 15.4. The second-order valence-electron chi connectivity index (χ2n) is 4.64. The minimum Gasteiger partial charge on any atom is -0.269 e. The van der Waals surface area contributed by atoms with E-state index in [0.717, 1.165) is 10.0 Å². The highest BCUT2D eigenvalue weighted by molar-refractivity contribution is 9.10. The Labute approximate surface area is 124 Å². The van der Waals surface area contributed by atoms with E-state index < -0.39 is 0 Å². The maximum atomic E-state index is 12.4. The van der Waals surface area contributed by atoms with Crippen LogP contribution >= 0.6 is 15.9 Å². The summed E-state index contributed by atoms with van der Waals surface area (Å²) in [4.78, 5) is 30.1. The number of pyridine rings is 1. The lowest BCUT2D eigenvalue weighted by atomic mass is 10.1. The van der Waals surface area contributed by atoms with Crippen LogP contribution in [-0.4, -0.2) is 21.7 Å². The lowest BCUT2D eigenvalue weighted by Crippen LogP contribution is -2.32. The van der Waals surface area contributed by atoms with Crippen LogP contribution in [0.15, 0.2) is 47.2 Å². The average molecular weight is 331 g/mol. The van der Waals surface area contributed by atoms with Gasteiger partial charge in [-0.05, 0) is 46.6 Å². The number of benzene rings is 1. The fraction of sp³-hybridized carbons (Fsp3) is 0.133. The van der Waals surface area contributed by atoms with E-state index in [9.17, 15) is 9.59 Å². The second-order valence-corrected chi connectivity index (χ2v) is 5.55. The van der Waals surface area contributed by atoms with Crippen molar-refractivity contribution in [2.24, 2.45) is 0 Å². The number of carbonyl (C=O) groups is 2. The van der Waals surface area contributed by atoms with E-state index in [1.807, 2.05) is 13.0 Å². The Morgan fingerprint density at radius 3 is 2.25 bits per heavy atom. The van der Waals surface area contributed by atoms with Gasteiger partial charge in [0.25, 0.3) is 11.8 Å². The Balaban J connectivity index is 2.01. The van der Waals surface area contributed by atoms with Gasteiger partial charge in [0.15, 0.2) is 0 Å². The van der Waals surface area contributed by atoms with Gasteiger partial charge in [0.2, 0.25) is 0 Å². The number of hydrogen-bond donors (Lipinski definition) is 0. The third-order valence-electron chi connectivity index (χ3n) is 3.42. The van der Waals surface area contributed by atoms with Crippen molar-refractivity contribution in [2.75, 3.05) is 0 Å². The van der Waals surface area contributed by atoms with Crippen molar-refractivity contribution in [3.63, 3.8) is 0 Å². The predicted octanol–water partition coefficient (Wildman–Crippen LogP) is 3.20. The molecule has 1 unspecified atom stereocenters. The minimum atomic E-state index is -0.354. The quantitative estimate of drug-likeness (QED) is 0.794. The SMILES string of the molecule is CC(c1cncc(Br)c1)N1C(=O)c2ccccc2C1=O. The predicted molar refractivity (Wildman–Crippen MR) is 77.3 cm³/mol. The van der Waals surface area contributed by atoms with Gasteiger partial charge in [-0.3, -0.25) is 19.5 Å². The third-order valence-corrected chi connectivity index (χ3v) is 3.85. The maximum Gasteiger partial charge on any atom is 0.262 e. The number of hydrogen-bond acceptors (Lipinski definition) is 3. The summed E-state index contributed by atoms with van der Waals surface area (Å²) in [6, 6.07) is 8.40. The Morgan fingerprint density at radius 2 is 1.70 bits per heavy atom. The molecule has 1 aliphatic rings. The Bertz CT molecular complexity index is 680. The summed E-state index contributed by atoms with van der Waals surface area (Å²) in [5.41, 5.74) is 1.74. The molecule has 0 radical (unpaired) electrons. The molecule has 2 amide bonds. The smallest absolute Gasteiger partial charge is 0.262 e. The molecule has 4 nitrogen and oxygen atoms in total. The van der Waals surface area contributed by atoms with Crippen molar-refractivity contribution in [3.05, 3.63) is 63.9 Å². The molecule has 0 spiro atoms. The molecule has 5 heteroatoms. The fourth-order valence-electron chi connectivity index (χ4n) is 2.37. The number of nitrogens with zero attached hydrogens (tertiary/aromatic N) is 2. The van der Waals surface area contributed by atoms with Gasteiger partial charge in [0.05, 0.1) is 17.2 Å². The summed E-state index contributed by atoms with van der Waals surface area (Å²) in [5.74, 6) is -0.504. The van der Waals surface area contributed by atoms with Crippen LogP contribution < -0.4 is 0 Å². The van der Waals surface area contributed by atoms with E-state index in [1.54, 1.807) is 36.7 Å². The molecule has 0 aliphatic carbocycles. The van der Waals surface area contributed by atoms with Crippen LogP contribution in [0, 0.1) is 0 Å². The summed E-state index contributed by atoms with van der Waals surface area (Å²) in [6.45, 7) is 1.82. The first-order chi connectivity index (χ1) is 9.59. The lowest BCUT2D eigenvalue weighted by Gasteiger charge is -2.22. The van der Waals surface area contributed by atoms with Crippen LogP contribution in [0.5, 0.6) is 0 Å². The van der Waals surface area contributed by atoms with E-state index in [4.69, 9.17) is 0 Å². The van der Waals surface area contributed by atoms with E-state index in [1.165, 1.54) is 4.90 Å². The molecule has 1 aromatic carbocycles. The highest BCUT2D eigenvalue weighted by Crippen LogP contribution is 2.31. The van der Waals surface area contributed by atoms with Crippen LogP contribution in [0.25, 0.3) is 0 Å². The van der Waals surface area contributed by atoms with Crippen LogP contribution in [-0.2, 0) is 0 Å². The number of amides is 2. The molecule has 20 heavy (non-hydrogen) atoms. The molecule has 0 saturated heterocycles. The van der Waals surface area contributed by atoms with Crippen molar-refractivity contribution in [1.82, 2.24) is 9.88 Å². The topological polar surface area (TPSA) is 50.3 Å².